The van der Waals surface area contributed by atoms with Crippen LogP contribution in [0.1, 0.15) is 39.7 Å². The Morgan fingerprint density at radius 3 is 2.40 bits per heavy atom. The Morgan fingerprint density at radius 2 is 1.80 bits per heavy atom. The minimum absolute atomic E-state index is 0.0758. The molecule has 0 fully saturated rings. The third-order valence-electron chi connectivity index (χ3n) is 2.70. The van der Waals surface area contributed by atoms with Gasteiger partial charge in [0.25, 0.3) is 0 Å². The standard InChI is InChI=1S/C16H25NO3/c1-5-19-14-9-7-13(11-15(14)20-6-2)8-10-16(18)17-12(3)4/h7,9,11-12H,5-6,8,10H2,1-4H3,(H,17,18). The van der Waals surface area contributed by atoms with Gasteiger partial charge in [0, 0.05) is 12.5 Å². The minimum atomic E-state index is 0.0758. The molecule has 0 heterocycles. The Bertz CT molecular complexity index is 430. The molecule has 4 heteroatoms. The molecule has 0 aliphatic rings. The maximum Gasteiger partial charge on any atom is 0.220 e. The van der Waals surface area contributed by atoms with Crippen LogP contribution in [0.4, 0.5) is 0 Å². The van der Waals surface area contributed by atoms with Gasteiger partial charge in [-0.25, -0.2) is 0 Å². The van der Waals surface area contributed by atoms with Gasteiger partial charge >= 0.3 is 0 Å². The van der Waals surface area contributed by atoms with E-state index in [1.54, 1.807) is 0 Å². The Morgan fingerprint density at radius 1 is 1.15 bits per heavy atom. The van der Waals surface area contributed by atoms with Crippen LogP contribution < -0.4 is 14.8 Å². The molecule has 0 aliphatic carbocycles. The molecule has 1 rings (SSSR count). The van der Waals surface area contributed by atoms with Gasteiger partial charge in [0.15, 0.2) is 11.5 Å². The zero-order valence-corrected chi connectivity index (χ0v) is 12.9. The predicted molar refractivity (Wildman–Crippen MR) is 80.4 cm³/mol. The van der Waals surface area contributed by atoms with Crippen LogP contribution >= 0.6 is 0 Å². The second kappa shape index (κ2) is 8.46. The van der Waals surface area contributed by atoms with Crippen LogP contribution in [0, 0.1) is 0 Å². The fraction of sp³-hybridized carbons (Fsp3) is 0.562. The fourth-order valence-electron chi connectivity index (χ4n) is 1.90. The molecule has 4 nitrogen and oxygen atoms in total. The first-order valence-electron chi connectivity index (χ1n) is 7.24. The number of rotatable bonds is 8. The van der Waals surface area contributed by atoms with Crippen molar-refractivity contribution >= 4 is 5.91 Å². The number of amides is 1. The molecular formula is C16H25NO3. The molecule has 0 aliphatic heterocycles. The summed E-state index contributed by atoms with van der Waals surface area (Å²) in [4.78, 5) is 11.6. The van der Waals surface area contributed by atoms with Crippen LogP contribution in [-0.4, -0.2) is 25.2 Å². The van der Waals surface area contributed by atoms with Crippen molar-refractivity contribution in [3.63, 3.8) is 0 Å². The number of nitrogens with one attached hydrogen (secondary N) is 1. The Kier molecular flexibility index (Phi) is 6.91. The Hall–Kier alpha value is -1.71. The quantitative estimate of drug-likeness (QED) is 0.796. The third-order valence-corrected chi connectivity index (χ3v) is 2.70. The van der Waals surface area contributed by atoms with Crippen molar-refractivity contribution in [1.29, 1.82) is 0 Å². The zero-order valence-electron chi connectivity index (χ0n) is 12.9. The van der Waals surface area contributed by atoms with Gasteiger partial charge < -0.3 is 14.8 Å². The van der Waals surface area contributed by atoms with E-state index in [-0.39, 0.29) is 11.9 Å². The number of hydrogen-bond acceptors (Lipinski definition) is 3. The zero-order chi connectivity index (χ0) is 15.0. The highest BCUT2D eigenvalue weighted by molar-refractivity contribution is 5.76. The molecule has 0 saturated carbocycles. The lowest BCUT2D eigenvalue weighted by Crippen LogP contribution is -2.30. The number of aryl methyl sites for hydroxylation is 1. The molecule has 0 aromatic heterocycles. The van der Waals surface area contributed by atoms with Gasteiger partial charge in [-0.1, -0.05) is 6.07 Å². The van der Waals surface area contributed by atoms with E-state index in [0.29, 0.717) is 26.1 Å². The largest absolute Gasteiger partial charge is 0.490 e. The number of ether oxygens (including phenoxy) is 2. The highest BCUT2D eigenvalue weighted by Gasteiger charge is 2.08. The van der Waals surface area contributed by atoms with E-state index in [4.69, 9.17) is 9.47 Å². The molecular weight excluding hydrogens is 254 g/mol. The summed E-state index contributed by atoms with van der Waals surface area (Å²) in [6, 6.07) is 6.03. The summed E-state index contributed by atoms with van der Waals surface area (Å²) in [6.07, 6.45) is 1.18. The summed E-state index contributed by atoms with van der Waals surface area (Å²) < 4.78 is 11.1. The van der Waals surface area contributed by atoms with Crippen molar-refractivity contribution in [2.45, 2.75) is 46.6 Å². The molecule has 0 unspecified atom stereocenters. The third kappa shape index (κ3) is 5.51. The van der Waals surface area contributed by atoms with Crippen molar-refractivity contribution < 1.29 is 14.3 Å². The van der Waals surface area contributed by atoms with Gasteiger partial charge in [-0.3, -0.25) is 4.79 Å². The topological polar surface area (TPSA) is 47.6 Å². The van der Waals surface area contributed by atoms with E-state index in [1.807, 2.05) is 45.9 Å². The highest BCUT2D eigenvalue weighted by Crippen LogP contribution is 2.28. The van der Waals surface area contributed by atoms with Crippen LogP contribution in [-0.2, 0) is 11.2 Å². The fourth-order valence-corrected chi connectivity index (χ4v) is 1.90. The van der Waals surface area contributed by atoms with Crippen molar-refractivity contribution in [1.82, 2.24) is 5.32 Å². The van der Waals surface area contributed by atoms with E-state index in [0.717, 1.165) is 17.1 Å². The van der Waals surface area contributed by atoms with Gasteiger partial charge in [-0.2, -0.15) is 0 Å². The summed E-state index contributed by atoms with van der Waals surface area (Å²) in [5.74, 6) is 1.58. The molecule has 1 amide bonds. The SMILES string of the molecule is CCOc1ccc(CCC(=O)NC(C)C)cc1OCC. The number of carbonyl (C=O) groups excluding carboxylic acids is 1. The molecule has 1 aromatic carbocycles. The Labute approximate surface area is 121 Å². The van der Waals surface area contributed by atoms with Crippen molar-refractivity contribution in [2.75, 3.05) is 13.2 Å². The number of carbonyl (C=O) groups is 1. The van der Waals surface area contributed by atoms with E-state index in [9.17, 15) is 4.79 Å². The molecule has 1 aromatic rings. The number of hydrogen-bond donors (Lipinski definition) is 1. The smallest absolute Gasteiger partial charge is 0.220 e. The summed E-state index contributed by atoms with van der Waals surface area (Å²) >= 11 is 0. The first kappa shape index (κ1) is 16.3. The van der Waals surface area contributed by atoms with Crippen molar-refractivity contribution in [3.05, 3.63) is 23.8 Å². The monoisotopic (exact) mass is 279 g/mol. The van der Waals surface area contributed by atoms with Gasteiger partial charge in [0.05, 0.1) is 13.2 Å². The van der Waals surface area contributed by atoms with E-state index >= 15 is 0 Å². The molecule has 0 spiro atoms. The van der Waals surface area contributed by atoms with Gasteiger partial charge in [0.2, 0.25) is 5.91 Å². The maximum absolute atomic E-state index is 11.6. The second-order valence-corrected chi connectivity index (χ2v) is 4.87. The first-order chi connectivity index (χ1) is 9.56. The maximum atomic E-state index is 11.6. The van der Waals surface area contributed by atoms with E-state index < -0.39 is 0 Å². The lowest BCUT2D eigenvalue weighted by Gasteiger charge is -2.13. The van der Waals surface area contributed by atoms with Crippen LogP contribution in [0.15, 0.2) is 18.2 Å². The molecule has 20 heavy (non-hydrogen) atoms. The summed E-state index contributed by atoms with van der Waals surface area (Å²) in [6.45, 7) is 9.01. The lowest BCUT2D eigenvalue weighted by molar-refractivity contribution is -0.121. The first-order valence-corrected chi connectivity index (χ1v) is 7.24. The van der Waals surface area contributed by atoms with Gasteiger partial charge in [-0.05, 0) is 51.8 Å². The van der Waals surface area contributed by atoms with Crippen molar-refractivity contribution in [2.24, 2.45) is 0 Å². The van der Waals surface area contributed by atoms with Crippen LogP contribution in [0.25, 0.3) is 0 Å². The minimum Gasteiger partial charge on any atom is -0.490 e. The summed E-state index contributed by atoms with van der Waals surface area (Å²) in [5.41, 5.74) is 1.08. The van der Waals surface area contributed by atoms with Crippen molar-refractivity contribution in [3.8, 4) is 11.5 Å². The van der Waals surface area contributed by atoms with Crippen LogP contribution in [0.5, 0.6) is 11.5 Å². The Balaban J connectivity index is 2.66. The summed E-state index contributed by atoms with van der Waals surface area (Å²) in [5, 5.41) is 2.89. The number of benzene rings is 1. The second-order valence-electron chi connectivity index (χ2n) is 4.87. The predicted octanol–water partition coefficient (Wildman–Crippen LogP) is 2.94. The van der Waals surface area contributed by atoms with Gasteiger partial charge in [-0.15, -0.1) is 0 Å². The average molecular weight is 279 g/mol. The van der Waals surface area contributed by atoms with Crippen LogP contribution in [0.2, 0.25) is 0 Å². The molecule has 0 saturated heterocycles. The van der Waals surface area contributed by atoms with Crippen LogP contribution in [0.3, 0.4) is 0 Å². The molecule has 0 radical (unpaired) electrons. The lowest BCUT2D eigenvalue weighted by atomic mass is 10.1. The summed E-state index contributed by atoms with van der Waals surface area (Å²) in [7, 11) is 0. The van der Waals surface area contributed by atoms with E-state index in [1.165, 1.54) is 0 Å². The average Bonchev–Trinajstić information content (AvgIpc) is 2.39. The normalized spacial score (nSPS) is 10.4. The van der Waals surface area contributed by atoms with E-state index in [2.05, 4.69) is 5.32 Å². The molecule has 1 N–H and O–H groups in total. The highest BCUT2D eigenvalue weighted by atomic mass is 16.5. The molecule has 0 bridgehead atoms. The molecule has 0 atom stereocenters. The van der Waals surface area contributed by atoms with Gasteiger partial charge in [0.1, 0.15) is 0 Å². The molecule has 112 valence electrons.